The normalized spacial score (nSPS) is 18.9. The monoisotopic (exact) mass is 362 g/mol. The van der Waals surface area contributed by atoms with Crippen LogP contribution in [0, 0.1) is 5.92 Å². The first kappa shape index (κ1) is 18.6. The first-order chi connectivity index (χ1) is 10.9. The summed E-state index contributed by atoms with van der Waals surface area (Å²) in [7, 11) is 0. The molecule has 132 valence electrons. The average molecular weight is 363 g/mol. The lowest BCUT2D eigenvalue weighted by atomic mass is 10.0. The number of amides is 2. The summed E-state index contributed by atoms with van der Waals surface area (Å²) in [5.41, 5.74) is -1.74. The molecule has 1 N–H and O–H groups in total. The van der Waals surface area contributed by atoms with Gasteiger partial charge in [0.1, 0.15) is 0 Å². The van der Waals surface area contributed by atoms with Gasteiger partial charge in [0.25, 0.3) is 0 Å². The highest BCUT2D eigenvalue weighted by atomic mass is 35.5. The van der Waals surface area contributed by atoms with E-state index in [0.29, 0.717) is 0 Å². The predicted molar refractivity (Wildman–Crippen MR) is 84.8 cm³/mol. The summed E-state index contributed by atoms with van der Waals surface area (Å²) < 4.78 is 39.6. The number of anilines is 1. The molecule has 1 aliphatic heterocycles. The number of carbonyl (C=O) groups excluding carboxylic acids is 2. The Morgan fingerprint density at radius 3 is 2.46 bits per heavy atom. The third-order valence-corrected chi connectivity index (χ3v) is 3.78. The van der Waals surface area contributed by atoms with Crippen LogP contribution in [0.15, 0.2) is 18.2 Å². The molecule has 0 bridgehead atoms. The molecular weight excluding hydrogens is 345 g/mol. The van der Waals surface area contributed by atoms with E-state index in [0.717, 1.165) is 17.0 Å². The predicted octanol–water partition coefficient (Wildman–Crippen LogP) is 3.63. The summed E-state index contributed by atoms with van der Waals surface area (Å²) in [5, 5.41) is 2.68. The summed E-state index contributed by atoms with van der Waals surface area (Å²) in [6.45, 7) is 5.28. The molecule has 1 unspecified atom stereocenters. The van der Waals surface area contributed by atoms with Crippen LogP contribution in [-0.4, -0.2) is 23.9 Å². The van der Waals surface area contributed by atoms with Crippen LogP contribution >= 0.6 is 11.6 Å². The second-order valence-corrected chi connectivity index (χ2v) is 7.24. The van der Waals surface area contributed by atoms with Gasteiger partial charge < -0.3 is 10.2 Å². The average Bonchev–Trinajstić information content (AvgIpc) is 2.78. The molecule has 24 heavy (non-hydrogen) atoms. The number of halogens is 4. The highest BCUT2D eigenvalue weighted by Gasteiger charge is 2.41. The van der Waals surface area contributed by atoms with Crippen molar-refractivity contribution < 1.29 is 22.8 Å². The topological polar surface area (TPSA) is 49.4 Å². The first-order valence-electron chi connectivity index (χ1n) is 7.37. The van der Waals surface area contributed by atoms with E-state index in [-0.39, 0.29) is 29.6 Å². The molecular formula is C16H18ClF3N2O2. The molecule has 0 aromatic heterocycles. The third kappa shape index (κ3) is 4.20. The van der Waals surface area contributed by atoms with Crippen molar-refractivity contribution >= 4 is 29.1 Å². The Bertz CT molecular complexity index is 668. The van der Waals surface area contributed by atoms with Gasteiger partial charge in [0.15, 0.2) is 0 Å². The van der Waals surface area contributed by atoms with E-state index in [1.807, 2.05) is 0 Å². The fourth-order valence-electron chi connectivity index (χ4n) is 2.56. The van der Waals surface area contributed by atoms with Crippen LogP contribution in [0.5, 0.6) is 0 Å². The molecule has 0 aliphatic carbocycles. The Morgan fingerprint density at radius 2 is 1.92 bits per heavy atom. The number of benzene rings is 1. The van der Waals surface area contributed by atoms with E-state index < -0.39 is 29.1 Å². The third-order valence-electron chi connectivity index (χ3n) is 3.55. The fourth-order valence-corrected chi connectivity index (χ4v) is 2.73. The zero-order valence-corrected chi connectivity index (χ0v) is 14.3. The van der Waals surface area contributed by atoms with Crippen LogP contribution in [0.2, 0.25) is 5.02 Å². The molecule has 4 nitrogen and oxygen atoms in total. The zero-order chi connectivity index (χ0) is 18.3. The summed E-state index contributed by atoms with van der Waals surface area (Å²) in [4.78, 5) is 25.4. The Hall–Kier alpha value is -1.76. The Morgan fingerprint density at radius 1 is 1.29 bits per heavy atom. The molecule has 1 atom stereocenters. The van der Waals surface area contributed by atoms with Crippen molar-refractivity contribution in [3.05, 3.63) is 28.8 Å². The van der Waals surface area contributed by atoms with Crippen LogP contribution in [-0.2, 0) is 15.8 Å². The SMILES string of the molecule is CC(C)(C)NC(=O)C1CC(=O)N(c2ccc(Cl)cc2C(F)(F)F)C1. The molecule has 1 aromatic carbocycles. The first-order valence-corrected chi connectivity index (χ1v) is 7.75. The van der Waals surface area contributed by atoms with Crippen LogP contribution in [0.4, 0.5) is 18.9 Å². The van der Waals surface area contributed by atoms with Gasteiger partial charge >= 0.3 is 6.18 Å². The summed E-state index contributed by atoms with van der Waals surface area (Å²) in [6, 6.07) is 3.24. The number of nitrogens with one attached hydrogen (secondary N) is 1. The minimum absolute atomic E-state index is 0.0697. The van der Waals surface area contributed by atoms with Gasteiger partial charge in [-0.25, -0.2) is 0 Å². The number of rotatable bonds is 2. The number of nitrogens with zero attached hydrogens (tertiary/aromatic N) is 1. The van der Waals surface area contributed by atoms with E-state index in [4.69, 9.17) is 11.6 Å². The van der Waals surface area contributed by atoms with Gasteiger partial charge in [-0.05, 0) is 39.0 Å². The Labute approximate surface area is 143 Å². The van der Waals surface area contributed by atoms with Crippen LogP contribution in [0.3, 0.4) is 0 Å². The van der Waals surface area contributed by atoms with E-state index >= 15 is 0 Å². The second kappa shape index (κ2) is 6.27. The van der Waals surface area contributed by atoms with Crippen molar-refractivity contribution in [2.24, 2.45) is 5.92 Å². The quantitative estimate of drug-likeness (QED) is 0.873. The highest BCUT2D eigenvalue weighted by Crippen LogP contribution is 2.40. The lowest BCUT2D eigenvalue weighted by molar-refractivity contribution is -0.137. The summed E-state index contributed by atoms with van der Waals surface area (Å²) in [5.74, 6) is -1.55. The number of hydrogen-bond acceptors (Lipinski definition) is 2. The van der Waals surface area contributed by atoms with Crippen LogP contribution < -0.4 is 10.2 Å². The lowest BCUT2D eigenvalue weighted by Gasteiger charge is -2.24. The standard InChI is InChI=1S/C16H18ClF3N2O2/c1-15(2,3)21-14(24)9-6-13(23)22(8-9)12-5-4-10(17)7-11(12)16(18,19)20/h4-5,7,9H,6,8H2,1-3H3,(H,21,24). The smallest absolute Gasteiger partial charge is 0.351 e. The molecule has 1 aromatic rings. The Kier molecular flexibility index (Phi) is 4.86. The van der Waals surface area contributed by atoms with Crippen molar-refractivity contribution in [3.63, 3.8) is 0 Å². The van der Waals surface area contributed by atoms with Gasteiger partial charge in [0, 0.05) is 23.5 Å². The minimum atomic E-state index is -4.65. The maximum absolute atomic E-state index is 13.2. The molecule has 8 heteroatoms. The molecule has 0 saturated carbocycles. The van der Waals surface area contributed by atoms with Gasteiger partial charge in [-0.2, -0.15) is 13.2 Å². The lowest BCUT2D eigenvalue weighted by Crippen LogP contribution is -2.44. The van der Waals surface area contributed by atoms with E-state index in [1.165, 1.54) is 6.07 Å². The van der Waals surface area contributed by atoms with Gasteiger partial charge in [0.2, 0.25) is 11.8 Å². The van der Waals surface area contributed by atoms with Crippen LogP contribution in [0.25, 0.3) is 0 Å². The van der Waals surface area contributed by atoms with Crippen molar-refractivity contribution in [3.8, 4) is 0 Å². The molecule has 1 heterocycles. The zero-order valence-electron chi connectivity index (χ0n) is 13.5. The van der Waals surface area contributed by atoms with Gasteiger partial charge in [-0.1, -0.05) is 11.6 Å². The number of carbonyl (C=O) groups is 2. The van der Waals surface area contributed by atoms with E-state index in [9.17, 15) is 22.8 Å². The van der Waals surface area contributed by atoms with Crippen LogP contribution in [0.1, 0.15) is 32.8 Å². The minimum Gasteiger partial charge on any atom is -0.351 e. The van der Waals surface area contributed by atoms with Gasteiger partial charge in [0.05, 0.1) is 17.2 Å². The van der Waals surface area contributed by atoms with E-state index in [2.05, 4.69) is 5.32 Å². The van der Waals surface area contributed by atoms with Crippen molar-refractivity contribution in [1.82, 2.24) is 5.32 Å². The van der Waals surface area contributed by atoms with E-state index in [1.54, 1.807) is 20.8 Å². The largest absolute Gasteiger partial charge is 0.418 e. The molecule has 0 radical (unpaired) electrons. The molecule has 1 fully saturated rings. The van der Waals surface area contributed by atoms with Crippen molar-refractivity contribution in [2.75, 3.05) is 11.4 Å². The maximum Gasteiger partial charge on any atom is 0.418 e. The van der Waals surface area contributed by atoms with Crippen molar-refractivity contribution in [1.29, 1.82) is 0 Å². The molecule has 2 amide bonds. The highest BCUT2D eigenvalue weighted by molar-refractivity contribution is 6.30. The number of alkyl halides is 3. The summed E-state index contributed by atoms with van der Waals surface area (Å²) in [6.07, 6.45) is -4.77. The van der Waals surface area contributed by atoms with Gasteiger partial charge in [-0.3, -0.25) is 9.59 Å². The molecule has 1 saturated heterocycles. The molecule has 2 rings (SSSR count). The maximum atomic E-state index is 13.2. The fraction of sp³-hybridized carbons (Fsp3) is 0.500. The molecule has 1 aliphatic rings. The van der Waals surface area contributed by atoms with Crippen molar-refractivity contribution in [2.45, 2.75) is 38.9 Å². The second-order valence-electron chi connectivity index (χ2n) is 6.80. The Balaban J connectivity index is 2.29. The number of hydrogen-bond donors (Lipinski definition) is 1. The summed E-state index contributed by atoms with van der Waals surface area (Å²) >= 11 is 5.65. The van der Waals surface area contributed by atoms with Gasteiger partial charge in [-0.15, -0.1) is 0 Å². The molecule has 0 spiro atoms.